The number of benzene rings is 1. The smallest absolute Gasteiger partial charge is 0.115 e. The highest BCUT2D eigenvalue weighted by atomic mass is 16.3. The number of phenols is 1. The molecular weight excluding hydrogens is 272 g/mol. The van der Waals surface area contributed by atoms with E-state index in [9.17, 15) is 5.11 Å². The molecule has 0 amide bonds. The third-order valence-electron chi connectivity index (χ3n) is 3.69. The van der Waals surface area contributed by atoms with Gasteiger partial charge in [-0.2, -0.15) is 0 Å². The first-order valence-corrected chi connectivity index (χ1v) is 8.14. The fourth-order valence-electron chi connectivity index (χ4n) is 2.28. The lowest BCUT2D eigenvalue weighted by Gasteiger charge is -2.14. The number of nitrogens with one attached hydrogen (secondary N) is 2. The molecule has 0 spiro atoms. The molecule has 1 aromatic rings. The number of hydrogen-bond acceptors (Lipinski definition) is 3. The molecule has 0 atom stereocenters. The van der Waals surface area contributed by atoms with Crippen LogP contribution in [-0.4, -0.2) is 18.2 Å². The maximum absolute atomic E-state index is 9.43. The Kier molecular flexibility index (Phi) is 8.19. The molecule has 1 rings (SSSR count). The lowest BCUT2D eigenvalue weighted by molar-refractivity contribution is 0.474. The summed E-state index contributed by atoms with van der Waals surface area (Å²) in [5.41, 5.74) is 4.21. The Labute approximate surface area is 135 Å². The normalized spacial score (nSPS) is 10.3. The van der Waals surface area contributed by atoms with Crippen molar-refractivity contribution in [2.45, 2.75) is 46.0 Å². The summed E-state index contributed by atoms with van der Waals surface area (Å²) in [6, 6.07) is 5.43. The standard InChI is InChI=1S/C19H30N2O/c1-5-6-7-8-11-20-17(4)14-21-16(3)13-18-9-10-19(22)12-15(18)2/h9-10,12,20-22H,3-8,11,13-14H2,1-2H3. The van der Waals surface area contributed by atoms with Crippen LogP contribution in [0.1, 0.15) is 43.7 Å². The summed E-state index contributed by atoms with van der Waals surface area (Å²) in [7, 11) is 0. The van der Waals surface area contributed by atoms with Crippen molar-refractivity contribution in [2.75, 3.05) is 13.1 Å². The van der Waals surface area contributed by atoms with E-state index in [2.05, 4.69) is 30.7 Å². The average molecular weight is 302 g/mol. The number of aromatic hydroxyl groups is 1. The molecule has 122 valence electrons. The Balaban J connectivity index is 2.23. The van der Waals surface area contributed by atoms with Crippen LogP contribution in [0.3, 0.4) is 0 Å². The van der Waals surface area contributed by atoms with E-state index in [1.807, 2.05) is 13.0 Å². The summed E-state index contributed by atoms with van der Waals surface area (Å²) in [6.07, 6.45) is 5.79. The van der Waals surface area contributed by atoms with Gasteiger partial charge in [0, 0.05) is 24.4 Å². The third kappa shape index (κ3) is 7.21. The lowest BCUT2D eigenvalue weighted by Crippen LogP contribution is -2.25. The van der Waals surface area contributed by atoms with Gasteiger partial charge in [-0.15, -0.1) is 0 Å². The molecule has 0 fully saturated rings. The average Bonchev–Trinajstić information content (AvgIpc) is 2.48. The van der Waals surface area contributed by atoms with Gasteiger partial charge in [0.2, 0.25) is 0 Å². The molecule has 3 nitrogen and oxygen atoms in total. The highest BCUT2D eigenvalue weighted by Crippen LogP contribution is 2.17. The number of phenolic OH excluding ortho intramolecular Hbond substituents is 1. The zero-order valence-electron chi connectivity index (χ0n) is 14.0. The fourth-order valence-corrected chi connectivity index (χ4v) is 2.28. The van der Waals surface area contributed by atoms with Gasteiger partial charge in [0.05, 0.1) is 6.54 Å². The number of allylic oxidation sites excluding steroid dienone is 1. The van der Waals surface area contributed by atoms with E-state index in [1.54, 1.807) is 12.1 Å². The molecule has 0 heterocycles. The van der Waals surface area contributed by atoms with Gasteiger partial charge >= 0.3 is 0 Å². The van der Waals surface area contributed by atoms with Crippen molar-refractivity contribution >= 4 is 0 Å². The van der Waals surface area contributed by atoms with E-state index in [0.29, 0.717) is 12.3 Å². The second kappa shape index (κ2) is 9.93. The van der Waals surface area contributed by atoms with Gasteiger partial charge in [-0.1, -0.05) is 45.4 Å². The Hall–Kier alpha value is -1.90. The van der Waals surface area contributed by atoms with E-state index in [4.69, 9.17) is 0 Å². The van der Waals surface area contributed by atoms with Gasteiger partial charge in [0.1, 0.15) is 5.75 Å². The molecule has 0 aliphatic carbocycles. The third-order valence-corrected chi connectivity index (χ3v) is 3.69. The summed E-state index contributed by atoms with van der Waals surface area (Å²) in [5, 5.41) is 16.1. The summed E-state index contributed by atoms with van der Waals surface area (Å²) in [4.78, 5) is 0. The number of rotatable bonds is 11. The van der Waals surface area contributed by atoms with Gasteiger partial charge in [-0.05, 0) is 36.6 Å². The maximum atomic E-state index is 9.43. The quantitative estimate of drug-likeness (QED) is 0.541. The minimum absolute atomic E-state index is 0.306. The molecule has 0 unspecified atom stereocenters. The maximum Gasteiger partial charge on any atom is 0.115 e. The van der Waals surface area contributed by atoms with Crippen molar-refractivity contribution in [1.29, 1.82) is 0 Å². The predicted molar refractivity (Wildman–Crippen MR) is 95.0 cm³/mol. The first-order valence-electron chi connectivity index (χ1n) is 8.14. The summed E-state index contributed by atoms with van der Waals surface area (Å²) >= 11 is 0. The molecule has 3 N–H and O–H groups in total. The van der Waals surface area contributed by atoms with Crippen molar-refractivity contribution in [3.63, 3.8) is 0 Å². The molecule has 0 saturated carbocycles. The molecule has 0 saturated heterocycles. The van der Waals surface area contributed by atoms with Crippen molar-refractivity contribution < 1.29 is 5.11 Å². The van der Waals surface area contributed by atoms with Crippen LogP contribution in [0.25, 0.3) is 0 Å². The molecule has 0 aromatic heterocycles. The Morgan fingerprint density at radius 3 is 2.55 bits per heavy atom. The molecule has 22 heavy (non-hydrogen) atoms. The fraction of sp³-hybridized carbons (Fsp3) is 0.474. The minimum Gasteiger partial charge on any atom is -0.508 e. The number of hydrogen-bond donors (Lipinski definition) is 3. The van der Waals surface area contributed by atoms with E-state index < -0.39 is 0 Å². The first-order chi connectivity index (χ1) is 10.5. The van der Waals surface area contributed by atoms with Gasteiger partial charge < -0.3 is 15.7 Å². The van der Waals surface area contributed by atoms with Crippen LogP contribution in [-0.2, 0) is 6.42 Å². The molecule has 0 aliphatic rings. The van der Waals surface area contributed by atoms with Gasteiger partial charge in [-0.3, -0.25) is 0 Å². The molecular formula is C19H30N2O. The van der Waals surface area contributed by atoms with Crippen LogP contribution in [0, 0.1) is 6.92 Å². The van der Waals surface area contributed by atoms with Crippen molar-refractivity contribution in [2.24, 2.45) is 0 Å². The van der Waals surface area contributed by atoms with Crippen molar-refractivity contribution in [3.8, 4) is 5.75 Å². The number of unbranched alkanes of at least 4 members (excludes halogenated alkanes) is 3. The first kappa shape index (κ1) is 18.1. The highest BCUT2D eigenvalue weighted by molar-refractivity contribution is 5.35. The highest BCUT2D eigenvalue weighted by Gasteiger charge is 2.02. The largest absolute Gasteiger partial charge is 0.508 e. The second-order valence-electron chi connectivity index (χ2n) is 5.84. The van der Waals surface area contributed by atoms with Crippen molar-refractivity contribution in [1.82, 2.24) is 10.6 Å². The van der Waals surface area contributed by atoms with Crippen molar-refractivity contribution in [3.05, 3.63) is 53.9 Å². The topological polar surface area (TPSA) is 44.3 Å². The molecule has 3 heteroatoms. The van der Waals surface area contributed by atoms with Crippen LogP contribution in [0.5, 0.6) is 5.75 Å². The molecule has 0 radical (unpaired) electrons. The zero-order valence-corrected chi connectivity index (χ0v) is 14.0. The Morgan fingerprint density at radius 2 is 1.86 bits per heavy atom. The summed E-state index contributed by atoms with van der Waals surface area (Å²) in [5.74, 6) is 0.306. The van der Waals surface area contributed by atoms with E-state index in [1.165, 1.54) is 31.2 Å². The molecule has 1 aromatic carbocycles. The monoisotopic (exact) mass is 302 g/mol. The predicted octanol–water partition coefficient (Wildman–Crippen LogP) is 4.03. The zero-order chi connectivity index (χ0) is 16.4. The molecule has 0 bridgehead atoms. The second-order valence-corrected chi connectivity index (χ2v) is 5.84. The van der Waals surface area contributed by atoms with Crippen LogP contribution in [0.2, 0.25) is 0 Å². The van der Waals surface area contributed by atoms with E-state index in [0.717, 1.165) is 29.9 Å². The van der Waals surface area contributed by atoms with Crippen LogP contribution < -0.4 is 10.6 Å². The molecule has 0 aliphatic heterocycles. The van der Waals surface area contributed by atoms with E-state index in [-0.39, 0.29) is 0 Å². The summed E-state index contributed by atoms with van der Waals surface area (Å²) in [6.45, 7) is 14.0. The number of aryl methyl sites for hydroxylation is 1. The van der Waals surface area contributed by atoms with Crippen LogP contribution in [0.15, 0.2) is 42.8 Å². The minimum atomic E-state index is 0.306. The SMILES string of the molecule is C=C(CNC(=C)Cc1ccc(O)cc1C)NCCCCCC. The summed E-state index contributed by atoms with van der Waals surface area (Å²) < 4.78 is 0. The Bertz CT molecular complexity index is 494. The lowest BCUT2D eigenvalue weighted by atomic mass is 10.0. The van der Waals surface area contributed by atoms with Gasteiger partial charge in [0.15, 0.2) is 0 Å². The van der Waals surface area contributed by atoms with Gasteiger partial charge in [-0.25, -0.2) is 0 Å². The van der Waals surface area contributed by atoms with Gasteiger partial charge in [0.25, 0.3) is 0 Å². The Morgan fingerprint density at radius 1 is 1.09 bits per heavy atom. The van der Waals surface area contributed by atoms with E-state index >= 15 is 0 Å². The van der Waals surface area contributed by atoms with Crippen LogP contribution in [0.4, 0.5) is 0 Å². The van der Waals surface area contributed by atoms with Crippen LogP contribution >= 0.6 is 0 Å².